The fourth-order valence-corrected chi connectivity index (χ4v) is 5.73. The van der Waals surface area contributed by atoms with E-state index in [9.17, 15) is 13.2 Å². The maximum atomic E-state index is 12.6. The lowest BCUT2D eigenvalue weighted by Crippen LogP contribution is -2.49. The van der Waals surface area contributed by atoms with Crippen molar-refractivity contribution in [2.45, 2.75) is 25.8 Å². The lowest BCUT2D eigenvalue weighted by atomic mass is 10.2. The van der Waals surface area contributed by atoms with Gasteiger partial charge in [-0.25, -0.2) is 8.42 Å². The highest BCUT2D eigenvalue weighted by Gasteiger charge is 2.31. The van der Waals surface area contributed by atoms with Crippen LogP contribution in [0.25, 0.3) is 0 Å². The molecule has 0 bridgehead atoms. The molecular weight excluding hydrogens is 378 g/mol. The average Bonchev–Trinajstić information content (AvgIpc) is 3.06. The maximum Gasteiger partial charge on any atom is 0.223 e. The Labute approximate surface area is 168 Å². The molecule has 2 heterocycles. The van der Waals surface area contributed by atoms with Crippen LogP contribution in [0, 0.1) is 0 Å². The predicted octanol–water partition coefficient (Wildman–Crippen LogP) is 1.24. The van der Waals surface area contributed by atoms with Gasteiger partial charge in [-0.05, 0) is 32.5 Å². The van der Waals surface area contributed by atoms with E-state index in [1.165, 1.54) is 0 Å². The first kappa shape index (κ1) is 20.9. The number of amides is 1. The Kier molecular flexibility index (Phi) is 6.82. The number of hydrogen-bond donors (Lipinski definition) is 0. The zero-order valence-corrected chi connectivity index (χ0v) is 17.7. The van der Waals surface area contributed by atoms with Crippen molar-refractivity contribution in [1.29, 1.82) is 0 Å². The quantitative estimate of drug-likeness (QED) is 0.675. The van der Waals surface area contributed by atoms with Crippen molar-refractivity contribution >= 4 is 21.4 Å². The largest absolute Gasteiger partial charge is 0.492 e. The first-order valence-electron chi connectivity index (χ1n) is 10.0. The second-order valence-electron chi connectivity index (χ2n) is 7.56. The van der Waals surface area contributed by atoms with Gasteiger partial charge in [-0.2, -0.15) is 0 Å². The molecule has 1 unspecified atom stereocenters. The second-order valence-corrected chi connectivity index (χ2v) is 9.78. The molecule has 1 amide bonds. The molecule has 0 spiro atoms. The minimum Gasteiger partial charge on any atom is -0.492 e. The number of rotatable bonds is 7. The van der Waals surface area contributed by atoms with Crippen LogP contribution in [-0.2, 0) is 14.6 Å². The minimum atomic E-state index is -2.89. The lowest BCUT2D eigenvalue weighted by Gasteiger charge is -2.37. The van der Waals surface area contributed by atoms with Crippen molar-refractivity contribution in [2.24, 2.45) is 0 Å². The summed E-state index contributed by atoms with van der Waals surface area (Å²) in [7, 11) is -0.975. The Morgan fingerprint density at radius 3 is 2.57 bits per heavy atom. The second kappa shape index (κ2) is 9.13. The van der Waals surface area contributed by atoms with E-state index in [1.807, 2.05) is 42.0 Å². The topological polar surface area (TPSA) is 70.2 Å². The number of anilines is 1. The van der Waals surface area contributed by atoms with Crippen LogP contribution in [0.3, 0.4) is 0 Å². The third-order valence-corrected chi connectivity index (χ3v) is 7.40. The highest BCUT2D eigenvalue weighted by atomic mass is 32.2. The molecule has 2 saturated heterocycles. The molecule has 28 heavy (non-hydrogen) atoms. The number of benzene rings is 1. The van der Waals surface area contributed by atoms with Crippen LogP contribution in [0.15, 0.2) is 24.3 Å². The predicted molar refractivity (Wildman–Crippen MR) is 111 cm³/mol. The van der Waals surface area contributed by atoms with Gasteiger partial charge < -0.3 is 19.4 Å². The van der Waals surface area contributed by atoms with Gasteiger partial charge in [0.25, 0.3) is 0 Å². The van der Waals surface area contributed by atoms with E-state index >= 15 is 0 Å². The Balaban J connectivity index is 1.46. The van der Waals surface area contributed by atoms with Crippen LogP contribution in [0.5, 0.6) is 5.75 Å². The first-order chi connectivity index (χ1) is 13.4. The van der Waals surface area contributed by atoms with Crippen molar-refractivity contribution in [2.75, 3.05) is 62.8 Å². The SMILES string of the molecule is CCOc1ccccc1N1CCN(C(=O)CCN(C)C2CCS(=O)(=O)C2)CC1. The summed E-state index contributed by atoms with van der Waals surface area (Å²) >= 11 is 0. The van der Waals surface area contributed by atoms with Crippen LogP contribution < -0.4 is 9.64 Å². The molecule has 2 aliphatic rings. The molecule has 1 atom stereocenters. The Hall–Kier alpha value is -1.80. The summed E-state index contributed by atoms with van der Waals surface area (Å²) in [5, 5.41) is 0. The van der Waals surface area contributed by atoms with Gasteiger partial charge in [0.1, 0.15) is 5.75 Å². The smallest absolute Gasteiger partial charge is 0.223 e. The fraction of sp³-hybridized carbons (Fsp3) is 0.650. The Morgan fingerprint density at radius 1 is 1.21 bits per heavy atom. The molecule has 1 aromatic carbocycles. The molecule has 0 aromatic heterocycles. The molecule has 2 fully saturated rings. The number of piperazine rings is 1. The standard InChI is InChI=1S/C20H31N3O4S/c1-3-27-19-7-5-4-6-18(19)22-11-13-23(14-12-22)20(24)8-10-21(2)17-9-15-28(25,26)16-17/h4-7,17H,3,8-16H2,1-2H3. The number of carbonyl (C=O) groups is 1. The highest BCUT2D eigenvalue weighted by molar-refractivity contribution is 7.91. The number of para-hydroxylation sites is 2. The third-order valence-electron chi connectivity index (χ3n) is 5.65. The summed E-state index contributed by atoms with van der Waals surface area (Å²) in [6, 6.07) is 8.07. The molecule has 7 nitrogen and oxygen atoms in total. The number of hydrogen-bond acceptors (Lipinski definition) is 6. The van der Waals surface area contributed by atoms with Crippen LogP contribution >= 0.6 is 0 Å². The van der Waals surface area contributed by atoms with E-state index in [-0.39, 0.29) is 23.5 Å². The number of nitrogens with zero attached hydrogens (tertiary/aromatic N) is 3. The Bertz CT molecular complexity index is 775. The summed E-state index contributed by atoms with van der Waals surface area (Å²) < 4.78 is 29.0. The highest BCUT2D eigenvalue weighted by Crippen LogP contribution is 2.28. The molecule has 8 heteroatoms. The summed E-state index contributed by atoms with van der Waals surface area (Å²) in [5.41, 5.74) is 1.08. The van der Waals surface area contributed by atoms with Gasteiger partial charge in [0.05, 0.1) is 23.8 Å². The van der Waals surface area contributed by atoms with Crippen LogP contribution in [-0.4, -0.2) is 88.1 Å². The molecule has 0 N–H and O–H groups in total. The van der Waals surface area contributed by atoms with E-state index < -0.39 is 9.84 Å². The average molecular weight is 410 g/mol. The molecule has 0 radical (unpaired) electrons. The van der Waals surface area contributed by atoms with Gasteiger partial charge >= 0.3 is 0 Å². The molecule has 2 aliphatic heterocycles. The summed E-state index contributed by atoms with van der Waals surface area (Å²) in [4.78, 5) is 18.8. The van der Waals surface area contributed by atoms with Gasteiger partial charge in [0, 0.05) is 45.2 Å². The van der Waals surface area contributed by atoms with E-state index in [4.69, 9.17) is 4.74 Å². The van der Waals surface area contributed by atoms with Gasteiger partial charge in [0.2, 0.25) is 5.91 Å². The third kappa shape index (κ3) is 5.17. The van der Waals surface area contributed by atoms with Gasteiger partial charge in [-0.1, -0.05) is 12.1 Å². The van der Waals surface area contributed by atoms with Crippen molar-refractivity contribution in [1.82, 2.24) is 9.80 Å². The van der Waals surface area contributed by atoms with E-state index in [0.717, 1.165) is 24.5 Å². The van der Waals surface area contributed by atoms with Crippen LogP contribution in [0.1, 0.15) is 19.8 Å². The monoisotopic (exact) mass is 409 g/mol. The molecule has 3 rings (SSSR count). The molecule has 0 aliphatic carbocycles. The van der Waals surface area contributed by atoms with Gasteiger partial charge in [-0.15, -0.1) is 0 Å². The maximum absolute atomic E-state index is 12.6. The molecular formula is C20H31N3O4S. The zero-order valence-electron chi connectivity index (χ0n) is 16.8. The number of sulfone groups is 1. The normalized spacial score (nSPS) is 21.9. The van der Waals surface area contributed by atoms with Crippen molar-refractivity contribution in [3.05, 3.63) is 24.3 Å². The molecule has 156 valence electrons. The van der Waals surface area contributed by atoms with Crippen LogP contribution in [0.2, 0.25) is 0 Å². The Morgan fingerprint density at radius 2 is 1.93 bits per heavy atom. The first-order valence-corrected chi connectivity index (χ1v) is 11.9. The van der Waals surface area contributed by atoms with Crippen molar-refractivity contribution in [3.63, 3.8) is 0 Å². The minimum absolute atomic E-state index is 0.0460. The van der Waals surface area contributed by atoms with Gasteiger partial charge in [-0.3, -0.25) is 4.79 Å². The van der Waals surface area contributed by atoms with E-state index in [1.54, 1.807) is 0 Å². The zero-order chi connectivity index (χ0) is 20.1. The summed E-state index contributed by atoms with van der Waals surface area (Å²) in [6.45, 7) is 6.17. The molecule has 1 aromatic rings. The van der Waals surface area contributed by atoms with E-state index in [0.29, 0.717) is 39.1 Å². The van der Waals surface area contributed by atoms with Crippen molar-refractivity contribution < 1.29 is 17.9 Å². The van der Waals surface area contributed by atoms with Crippen LogP contribution in [0.4, 0.5) is 5.69 Å². The summed E-state index contributed by atoms with van der Waals surface area (Å²) in [6.07, 6.45) is 1.10. The number of carbonyl (C=O) groups excluding carboxylic acids is 1. The van der Waals surface area contributed by atoms with E-state index in [2.05, 4.69) is 11.0 Å². The van der Waals surface area contributed by atoms with Gasteiger partial charge in [0.15, 0.2) is 9.84 Å². The summed E-state index contributed by atoms with van der Waals surface area (Å²) in [5.74, 6) is 1.51. The number of ether oxygens (including phenoxy) is 1. The fourth-order valence-electron chi connectivity index (χ4n) is 3.93. The van der Waals surface area contributed by atoms with Crippen molar-refractivity contribution in [3.8, 4) is 5.75 Å². The lowest BCUT2D eigenvalue weighted by molar-refractivity contribution is -0.131. The molecule has 0 saturated carbocycles.